The number of halogens is 2. The van der Waals surface area contributed by atoms with Crippen LogP contribution >= 0.6 is 0 Å². The van der Waals surface area contributed by atoms with Gasteiger partial charge in [-0.3, -0.25) is 10.1 Å². The molecule has 0 fully saturated rings. The van der Waals surface area contributed by atoms with Crippen molar-refractivity contribution in [1.82, 2.24) is 0 Å². The van der Waals surface area contributed by atoms with Crippen molar-refractivity contribution in [3.8, 4) is 6.07 Å². The first-order valence-electron chi connectivity index (χ1n) is 4.38. The molecule has 0 N–H and O–H groups in total. The predicted molar refractivity (Wildman–Crippen MR) is 52.3 cm³/mol. The second kappa shape index (κ2) is 4.66. The standard InChI is InChI=1S/C10H8F2N2O2/c11-5-10(6-12,7-13)8-1-3-9(4-2-8)14(15)16/h1-4H,5-6H2. The molecule has 0 aliphatic carbocycles. The molecule has 0 heterocycles. The molecule has 1 rings (SSSR count). The smallest absolute Gasteiger partial charge is 0.258 e. The predicted octanol–water partition coefficient (Wildman–Crippen LogP) is 2.30. The van der Waals surface area contributed by atoms with Gasteiger partial charge in [-0.2, -0.15) is 5.26 Å². The third kappa shape index (κ3) is 1.98. The molecule has 0 saturated carbocycles. The zero-order chi connectivity index (χ0) is 12.2. The lowest BCUT2D eigenvalue weighted by Gasteiger charge is -2.19. The van der Waals surface area contributed by atoms with Crippen LogP contribution in [0.1, 0.15) is 5.56 Å². The molecule has 0 unspecified atom stereocenters. The third-order valence-electron chi connectivity index (χ3n) is 2.30. The highest BCUT2D eigenvalue weighted by molar-refractivity contribution is 5.40. The SMILES string of the molecule is N#CC(CF)(CF)c1ccc([N+](=O)[O-])cc1. The van der Waals surface area contributed by atoms with Crippen LogP contribution in [-0.4, -0.2) is 18.3 Å². The van der Waals surface area contributed by atoms with Crippen molar-refractivity contribution >= 4 is 5.69 Å². The summed E-state index contributed by atoms with van der Waals surface area (Å²) in [5.74, 6) is 0. The van der Waals surface area contributed by atoms with Crippen LogP contribution in [-0.2, 0) is 5.41 Å². The van der Waals surface area contributed by atoms with Gasteiger partial charge in [-0.15, -0.1) is 0 Å². The van der Waals surface area contributed by atoms with Crippen molar-refractivity contribution in [2.45, 2.75) is 5.41 Å². The normalized spacial score (nSPS) is 10.8. The molecule has 0 aromatic heterocycles. The van der Waals surface area contributed by atoms with Gasteiger partial charge in [0.25, 0.3) is 5.69 Å². The van der Waals surface area contributed by atoms with Crippen LogP contribution in [0.3, 0.4) is 0 Å². The summed E-state index contributed by atoms with van der Waals surface area (Å²) in [6.07, 6.45) is 0. The second-order valence-electron chi connectivity index (χ2n) is 3.27. The van der Waals surface area contributed by atoms with E-state index in [-0.39, 0.29) is 11.3 Å². The second-order valence-corrected chi connectivity index (χ2v) is 3.27. The largest absolute Gasteiger partial charge is 0.269 e. The van der Waals surface area contributed by atoms with Crippen LogP contribution in [0.25, 0.3) is 0 Å². The zero-order valence-corrected chi connectivity index (χ0v) is 8.19. The van der Waals surface area contributed by atoms with Crippen LogP contribution in [0.15, 0.2) is 24.3 Å². The Balaban J connectivity index is 3.14. The van der Waals surface area contributed by atoms with Crippen LogP contribution in [0.5, 0.6) is 0 Å². The fraction of sp³-hybridized carbons (Fsp3) is 0.300. The van der Waals surface area contributed by atoms with Crippen molar-refractivity contribution in [3.05, 3.63) is 39.9 Å². The number of alkyl halides is 2. The van der Waals surface area contributed by atoms with Crippen molar-refractivity contribution in [1.29, 1.82) is 5.26 Å². The number of nitro benzene ring substituents is 1. The topological polar surface area (TPSA) is 66.9 Å². The van der Waals surface area contributed by atoms with Gasteiger partial charge in [0.2, 0.25) is 0 Å². The Kier molecular flexibility index (Phi) is 3.51. The summed E-state index contributed by atoms with van der Waals surface area (Å²) in [6, 6.07) is 6.19. The van der Waals surface area contributed by atoms with E-state index in [2.05, 4.69) is 0 Å². The highest BCUT2D eigenvalue weighted by Gasteiger charge is 2.33. The van der Waals surface area contributed by atoms with Gasteiger partial charge in [-0.05, 0) is 5.56 Å². The molecule has 0 atom stereocenters. The van der Waals surface area contributed by atoms with E-state index in [9.17, 15) is 18.9 Å². The molecular weight excluding hydrogens is 218 g/mol. The van der Waals surface area contributed by atoms with Crippen LogP contribution < -0.4 is 0 Å². The number of benzene rings is 1. The van der Waals surface area contributed by atoms with Crippen molar-refractivity contribution < 1.29 is 13.7 Å². The molecular formula is C10H8F2N2O2. The molecule has 16 heavy (non-hydrogen) atoms. The average molecular weight is 226 g/mol. The Morgan fingerprint density at radius 1 is 1.31 bits per heavy atom. The van der Waals surface area contributed by atoms with E-state index in [4.69, 9.17) is 5.26 Å². The van der Waals surface area contributed by atoms with Gasteiger partial charge in [-0.1, -0.05) is 12.1 Å². The Labute approximate surface area is 90.3 Å². The average Bonchev–Trinajstić information content (AvgIpc) is 2.33. The number of nitro groups is 1. The van der Waals surface area contributed by atoms with E-state index >= 15 is 0 Å². The molecule has 1 aromatic rings. The first-order chi connectivity index (χ1) is 7.59. The van der Waals surface area contributed by atoms with E-state index in [1.807, 2.05) is 0 Å². The lowest BCUT2D eigenvalue weighted by molar-refractivity contribution is -0.384. The first-order valence-corrected chi connectivity index (χ1v) is 4.38. The Hall–Kier alpha value is -2.03. The van der Waals surface area contributed by atoms with E-state index in [1.165, 1.54) is 12.1 Å². The number of rotatable bonds is 4. The van der Waals surface area contributed by atoms with Gasteiger partial charge in [0.1, 0.15) is 18.8 Å². The fourth-order valence-electron chi connectivity index (χ4n) is 1.22. The number of nitrogens with zero attached hydrogens (tertiary/aromatic N) is 2. The first kappa shape index (κ1) is 12.0. The van der Waals surface area contributed by atoms with Crippen LogP contribution in [0, 0.1) is 21.4 Å². The zero-order valence-electron chi connectivity index (χ0n) is 8.19. The summed E-state index contributed by atoms with van der Waals surface area (Å²) in [5, 5.41) is 19.1. The van der Waals surface area contributed by atoms with Gasteiger partial charge in [0.15, 0.2) is 0 Å². The molecule has 4 nitrogen and oxygen atoms in total. The van der Waals surface area contributed by atoms with Crippen molar-refractivity contribution in [2.24, 2.45) is 0 Å². The molecule has 84 valence electrons. The molecule has 1 aromatic carbocycles. The summed E-state index contributed by atoms with van der Waals surface area (Å²) in [7, 11) is 0. The third-order valence-corrected chi connectivity index (χ3v) is 2.30. The minimum Gasteiger partial charge on any atom is -0.258 e. The highest BCUT2D eigenvalue weighted by Crippen LogP contribution is 2.26. The molecule has 0 spiro atoms. The lowest BCUT2D eigenvalue weighted by atomic mass is 9.84. The number of hydrogen-bond donors (Lipinski definition) is 0. The van der Waals surface area contributed by atoms with Crippen molar-refractivity contribution in [3.63, 3.8) is 0 Å². The van der Waals surface area contributed by atoms with E-state index in [0.717, 1.165) is 12.1 Å². The maximum Gasteiger partial charge on any atom is 0.269 e. The molecule has 6 heteroatoms. The summed E-state index contributed by atoms with van der Waals surface area (Å²) in [4.78, 5) is 9.74. The lowest BCUT2D eigenvalue weighted by Crippen LogP contribution is -2.29. The summed E-state index contributed by atoms with van der Waals surface area (Å²) in [5.41, 5.74) is -1.94. The van der Waals surface area contributed by atoms with E-state index in [1.54, 1.807) is 6.07 Å². The molecule has 0 radical (unpaired) electrons. The Morgan fingerprint density at radius 2 is 1.81 bits per heavy atom. The minimum absolute atomic E-state index is 0.102. The number of non-ortho nitro benzene ring substituents is 1. The van der Waals surface area contributed by atoms with Gasteiger partial charge in [0.05, 0.1) is 11.0 Å². The van der Waals surface area contributed by atoms with Gasteiger partial charge in [0, 0.05) is 12.1 Å². The molecule has 0 aliphatic heterocycles. The van der Waals surface area contributed by atoms with Crippen LogP contribution in [0.2, 0.25) is 0 Å². The number of hydrogen-bond acceptors (Lipinski definition) is 3. The molecule has 0 amide bonds. The summed E-state index contributed by atoms with van der Waals surface area (Å²) in [6.45, 7) is -2.34. The van der Waals surface area contributed by atoms with Crippen LogP contribution in [0.4, 0.5) is 14.5 Å². The van der Waals surface area contributed by atoms with Gasteiger partial charge < -0.3 is 0 Å². The maximum atomic E-state index is 12.7. The maximum absolute atomic E-state index is 12.7. The number of nitriles is 1. The quantitative estimate of drug-likeness (QED) is 0.584. The summed E-state index contributed by atoms with van der Waals surface area (Å²) < 4.78 is 25.3. The molecule has 0 saturated heterocycles. The minimum atomic E-state index is -1.85. The molecule has 0 aliphatic rings. The fourth-order valence-corrected chi connectivity index (χ4v) is 1.22. The summed E-state index contributed by atoms with van der Waals surface area (Å²) >= 11 is 0. The highest BCUT2D eigenvalue weighted by atomic mass is 19.1. The molecule has 0 bridgehead atoms. The van der Waals surface area contributed by atoms with Gasteiger partial charge >= 0.3 is 0 Å². The van der Waals surface area contributed by atoms with Crippen molar-refractivity contribution in [2.75, 3.05) is 13.3 Å². The monoisotopic (exact) mass is 226 g/mol. The Bertz CT molecular complexity index is 421. The van der Waals surface area contributed by atoms with Gasteiger partial charge in [-0.25, -0.2) is 8.78 Å². The Morgan fingerprint density at radius 3 is 2.12 bits per heavy atom. The van der Waals surface area contributed by atoms with E-state index in [0.29, 0.717) is 0 Å². The van der Waals surface area contributed by atoms with E-state index < -0.39 is 23.7 Å².